The van der Waals surface area contributed by atoms with Crippen LogP contribution in [0.2, 0.25) is 0 Å². The van der Waals surface area contributed by atoms with Gasteiger partial charge in [-0.1, -0.05) is 44.2 Å². The normalized spacial score (nSPS) is 18.7. The second-order valence-corrected chi connectivity index (χ2v) is 8.35. The molecule has 1 aromatic heterocycles. The molecule has 1 aliphatic heterocycles. The van der Waals surface area contributed by atoms with E-state index in [4.69, 9.17) is 4.74 Å². The molecule has 0 unspecified atom stereocenters. The van der Waals surface area contributed by atoms with Crippen LogP contribution in [0.15, 0.2) is 73.1 Å². The van der Waals surface area contributed by atoms with Crippen LogP contribution in [0.1, 0.15) is 32.3 Å². The fourth-order valence-electron chi connectivity index (χ4n) is 4.41. The Morgan fingerprint density at radius 2 is 1.87 bits per heavy atom. The molecule has 1 saturated heterocycles. The van der Waals surface area contributed by atoms with Crippen molar-refractivity contribution in [3.63, 3.8) is 0 Å². The number of carbonyl (C=O) groups is 2. The minimum absolute atomic E-state index is 0.0150. The van der Waals surface area contributed by atoms with Crippen molar-refractivity contribution in [1.82, 2.24) is 9.78 Å². The van der Waals surface area contributed by atoms with E-state index in [1.165, 1.54) is 0 Å². The van der Waals surface area contributed by atoms with Gasteiger partial charge in [-0.15, -0.1) is 0 Å². The number of esters is 1. The maximum absolute atomic E-state index is 13.4. The Balaban J connectivity index is 1.75. The molecule has 0 saturated carbocycles. The molecule has 2 heterocycles. The third-order valence-corrected chi connectivity index (χ3v) is 6.11. The predicted molar refractivity (Wildman–Crippen MR) is 119 cm³/mol. The Hall–Kier alpha value is -3.41. The highest BCUT2D eigenvalue weighted by Gasteiger charge is 2.53. The fourth-order valence-corrected chi connectivity index (χ4v) is 4.41. The Morgan fingerprint density at radius 1 is 1.13 bits per heavy atom. The molecule has 2 atom stereocenters. The van der Waals surface area contributed by atoms with Crippen molar-refractivity contribution in [3.05, 3.63) is 78.6 Å². The van der Waals surface area contributed by atoms with Gasteiger partial charge in [0.1, 0.15) is 0 Å². The van der Waals surface area contributed by atoms with Gasteiger partial charge in [-0.05, 0) is 42.8 Å². The molecule has 31 heavy (non-hydrogen) atoms. The highest BCUT2D eigenvalue weighted by molar-refractivity contribution is 6.00. The van der Waals surface area contributed by atoms with E-state index in [0.717, 1.165) is 16.9 Å². The standard InChI is InChI=1S/C25H27N3O3/c1-4-31-23(29)22(18-10-8-13-20(16-18)28-15-9-14-26-28)21-17-27(24(30)25(21,2)3)19-11-6-5-7-12-19/h5-16,21-22H,4,17H2,1-3H3/t21-,22-/m0/s1. The fraction of sp³-hybridized carbons (Fsp3) is 0.320. The molecule has 1 amide bonds. The number of ether oxygens (including phenoxy) is 1. The van der Waals surface area contributed by atoms with E-state index in [9.17, 15) is 9.59 Å². The van der Waals surface area contributed by atoms with Gasteiger partial charge in [0, 0.05) is 36.0 Å². The Kier molecular flexibility index (Phi) is 5.63. The summed E-state index contributed by atoms with van der Waals surface area (Å²) in [5.41, 5.74) is 1.80. The number of hydrogen-bond donors (Lipinski definition) is 0. The average molecular weight is 418 g/mol. The molecule has 1 fully saturated rings. The Labute approximate surface area is 182 Å². The summed E-state index contributed by atoms with van der Waals surface area (Å²) in [6.07, 6.45) is 3.57. The first-order valence-corrected chi connectivity index (χ1v) is 10.6. The van der Waals surface area contributed by atoms with E-state index in [0.29, 0.717) is 6.54 Å². The predicted octanol–water partition coefficient (Wildman–Crippen LogP) is 4.21. The van der Waals surface area contributed by atoms with Crippen molar-refractivity contribution < 1.29 is 14.3 Å². The number of amides is 1. The maximum Gasteiger partial charge on any atom is 0.313 e. The van der Waals surface area contributed by atoms with Crippen LogP contribution < -0.4 is 4.90 Å². The molecule has 4 rings (SSSR count). The van der Waals surface area contributed by atoms with Gasteiger partial charge in [-0.25, -0.2) is 4.68 Å². The minimum atomic E-state index is -0.727. The number of para-hydroxylation sites is 1. The van der Waals surface area contributed by atoms with Gasteiger partial charge in [0.05, 0.1) is 18.2 Å². The summed E-state index contributed by atoms with van der Waals surface area (Å²) in [4.78, 5) is 28.3. The van der Waals surface area contributed by atoms with E-state index in [-0.39, 0.29) is 24.4 Å². The van der Waals surface area contributed by atoms with Crippen LogP contribution in [0.4, 0.5) is 5.69 Å². The van der Waals surface area contributed by atoms with Gasteiger partial charge in [-0.3, -0.25) is 9.59 Å². The van der Waals surface area contributed by atoms with Gasteiger partial charge < -0.3 is 9.64 Å². The smallest absolute Gasteiger partial charge is 0.313 e. The van der Waals surface area contributed by atoms with Gasteiger partial charge in [-0.2, -0.15) is 5.10 Å². The molecule has 160 valence electrons. The SMILES string of the molecule is CCOC(=O)[C@@H](c1cccc(-n2cccn2)c1)[C@@H]1CN(c2ccccc2)C(=O)C1(C)C. The lowest BCUT2D eigenvalue weighted by Gasteiger charge is -2.30. The Morgan fingerprint density at radius 3 is 2.55 bits per heavy atom. The molecule has 2 aromatic carbocycles. The molecule has 1 aliphatic rings. The van der Waals surface area contributed by atoms with Crippen LogP contribution in [0.25, 0.3) is 5.69 Å². The highest BCUT2D eigenvalue weighted by Crippen LogP contribution is 2.46. The molecular formula is C25H27N3O3. The van der Waals surface area contributed by atoms with Gasteiger partial charge in [0.2, 0.25) is 5.91 Å². The zero-order valence-electron chi connectivity index (χ0n) is 18.1. The van der Waals surface area contributed by atoms with Crippen LogP contribution in [0.3, 0.4) is 0 Å². The molecule has 3 aromatic rings. The zero-order chi connectivity index (χ0) is 22.0. The van der Waals surface area contributed by atoms with Crippen LogP contribution in [0, 0.1) is 11.3 Å². The molecule has 0 aliphatic carbocycles. The molecule has 0 spiro atoms. The largest absolute Gasteiger partial charge is 0.466 e. The quantitative estimate of drug-likeness (QED) is 0.564. The third kappa shape index (κ3) is 3.85. The maximum atomic E-state index is 13.4. The van der Waals surface area contributed by atoms with Crippen molar-refractivity contribution >= 4 is 17.6 Å². The summed E-state index contributed by atoms with van der Waals surface area (Å²) in [6.45, 7) is 6.39. The lowest BCUT2D eigenvalue weighted by atomic mass is 9.71. The molecule has 6 nitrogen and oxygen atoms in total. The van der Waals surface area contributed by atoms with E-state index in [1.807, 2.05) is 80.7 Å². The van der Waals surface area contributed by atoms with E-state index >= 15 is 0 Å². The van der Waals surface area contributed by atoms with E-state index in [2.05, 4.69) is 5.10 Å². The average Bonchev–Trinajstić information content (AvgIpc) is 3.38. The summed E-state index contributed by atoms with van der Waals surface area (Å²) >= 11 is 0. The zero-order valence-corrected chi connectivity index (χ0v) is 18.1. The molecular weight excluding hydrogens is 390 g/mol. The second kappa shape index (κ2) is 8.38. The topological polar surface area (TPSA) is 64.4 Å². The van der Waals surface area contributed by atoms with Crippen molar-refractivity contribution in [1.29, 1.82) is 0 Å². The second-order valence-electron chi connectivity index (χ2n) is 8.35. The van der Waals surface area contributed by atoms with Crippen molar-refractivity contribution in [2.45, 2.75) is 26.7 Å². The molecule has 0 bridgehead atoms. The van der Waals surface area contributed by atoms with Gasteiger partial charge >= 0.3 is 5.97 Å². The van der Waals surface area contributed by atoms with E-state index in [1.54, 1.807) is 22.7 Å². The number of nitrogens with zero attached hydrogens (tertiary/aromatic N) is 3. The van der Waals surface area contributed by atoms with Gasteiger partial charge in [0.25, 0.3) is 0 Å². The van der Waals surface area contributed by atoms with Crippen LogP contribution in [0.5, 0.6) is 0 Å². The summed E-state index contributed by atoms with van der Waals surface area (Å²) in [7, 11) is 0. The number of rotatable bonds is 6. The first-order chi connectivity index (χ1) is 14.9. The van der Waals surface area contributed by atoms with Crippen molar-refractivity contribution in [2.75, 3.05) is 18.1 Å². The molecule has 0 radical (unpaired) electrons. The molecule has 6 heteroatoms. The highest BCUT2D eigenvalue weighted by atomic mass is 16.5. The number of anilines is 1. The minimum Gasteiger partial charge on any atom is -0.466 e. The summed E-state index contributed by atoms with van der Waals surface area (Å²) in [5, 5.41) is 4.30. The van der Waals surface area contributed by atoms with Crippen molar-refractivity contribution in [2.24, 2.45) is 11.3 Å². The van der Waals surface area contributed by atoms with E-state index < -0.39 is 11.3 Å². The van der Waals surface area contributed by atoms with Gasteiger partial charge in [0.15, 0.2) is 0 Å². The summed E-state index contributed by atoms with van der Waals surface area (Å²) < 4.78 is 7.24. The summed E-state index contributed by atoms with van der Waals surface area (Å²) in [6, 6.07) is 19.2. The third-order valence-electron chi connectivity index (χ3n) is 6.11. The van der Waals surface area contributed by atoms with Crippen LogP contribution in [-0.2, 0) is 14.3 Å². The summed E-state index contributed by atoms with van der Waals surface area (Å²) in [5.74, 6) is -1.10. The first kappa shape index (κ1) is 20.8. The number of aromatic nitrogens is 2. The lowest BCUT2D eigenvalue weighted by molar-refractivity contribution is -0.147. The first-order valence-electron chi connectivity index (χ1n) is 10.6. The lowest BCUT2D eigenvalue weighted by Crippen LogP contribution is -2.35. The number of carbonyl (C=O) groups excluding carboxylic acids is 2. The Bertz CT molecular complexity index is 1060. The number of hydrogen-bond acceptors (Lipinski definition) is 4. The monoisotopic (exact) mass is 417 g/mol. The molecule has 0 N–H and O–H groups in total. The van der Waals surface area contributed by atoms with Crippen LogP contribution >= 0.6 is 0 Å². The van der Waals surface area contributed by atoms with Crippen molar-refractivity contribution in [3.8, 4) is 5.69 Å². The number of benzene rings is 2. The van der Waals surface area contributed by atoms with Crippen LogP contribution in [-0.4, -0.2) is 34.8 Å².